The first-order valence-corrected chi connectivity index (χ1v) is 4.61. The van der Waals surface area contributed by atoms with Crippen molar-refractivity contribution in [3.8, 4) is 5.75 Å². The smallest absolute Gasteiger partial charge is 0.169 e. The van der Waals surface area contributed by atoms with E-state index in [4.69, 9.17) is 23.2 Å². The first kappa shape index (κ1) is 10.6. The Hall–Kier alpha value is -0.470. The molecule has 1 nitrogen and oxygen atoms in total. The highest BCUT2D eigenvalue weighted by atomic mass is 35.5. The van der Waals surface area contributed by atoms with Gasteiger partial charge in [-0.05, 0) is 13.3 Å². The van der Waals surface area contributed by atoms with Crippen molar-refractivity contribution in [1.82, 2.24) is 0 Å². The first-order valence-electron chi connectivity index (χ1n) is 3.85. The fourth-order valence-corrected chi connectivity index (χ4v) is 1.69. The minimum Gasteiger partial charge on any atom is -0.505 e. The second-order valence-electron chi connectivity index (χ2n) is 2.75. The van der Waals surface area contributed by atoms with Crippen molar-refractivity contribution in [1.29, 1.82) is 0 Å². The molecule has 0 aliphatic heterocycles. The monoisotopic (exact) mass is 222 g/mol. The van der Waals surface area contributed by atoms with Gasteiger partial charge in [0, 0.05) is 11.1 Å². The van der Waals surface area contributed by atoms with Crippen LogP contribution < -0.4 is 0 Å². The average molecular weight is 223 g/mol. The zero-order chi connectivity index (χ0) is 10.2. The number of hydrogen-bond donors (Lipinski definition) is 1. The van der Waals surface area contributed by atoms with E-state index >= 15 is 0 Å². The van der Waals surface area contributed by atoms with Crippen LogP contribution in [0.1, 0.15) is 18.1 Å². The van der Waals surface area contributed by atoms with Gasteiger partial charge in [0.15, 0.2) is 11.6 Å². The standard InChI is InChI=1S/C9H9Cl2FO/c1-3-5-7(11)6(10)4(2)8(12)9(5)13/h13H,3H2,1-2H3. The van der Waals surface area contributed by atoms with Crippen molar-refractivity contribution >= 4 is 23.2 Å². The van der Waals surface area contributed by atoms with E-state index in [-0.39, 0.29) is 15.6 Å². The molecule has 0 aromatic heterocycles. The van der Waals surface area contributed by atoms with E-state index in [0.29, 0.717) is 12.0 Å². The lowest BCUT2D eigenvalue weighted by atomic mass is 10.1. The Labute approximate surface area is 86.1 Å². The zero-order valence-electron chi connectivity index (χ0n) is 7.29. The lowest BCUT2D eigenvalue weighted by Crippen LogP contribution is -1.93. The molecule has 0 heterocycles. The van der Waals surface area contributed by atoms with Gasteiger partial charge in [-0.15, -0.1) is 0 Å². The Morgan fingerprint density at radius 1 is 1.31 bits per heavy atom. The highest BCUT2D eigenvalue weighted by Crippen LogP contribution is 2.38. The van der Waals surface area contributed by atoms with Crippen LogP contribution in [-0.2, 0) is 6.42 Å². The SMILES string of the molecule is CCc1c(O)c(F)c(C)c(Cl)c1Cl. The molecule has 4 heteroatoms. The Kier molecular flexibility index (Phi) is 3.04. The van der Waals surface area contributed by atoms with Gasteiger partial charge >= 0.3 is 0 Å². The molecular weight excluding hydrogens is 214 g/mol. The molecule has 0 aliphatic carbocycles. The minimum absolute atomic E-state index is 0.175. The Bertz CT molecular complexity index is 321. The third kappa shape index (κ3) is 1.61. The molecule has 1 aromatic carbocycles. The summed E-state index contributed by atoms with van der Waals surface area (Å²) in [6, 6.07) is 0. The van der Waals surface area contributed by atoms with E-state index in [1.165, 1.54) is 6.92 Å². The third-order valence-corrected chi connectivity index (χ3v) is 2.95. The largest absolute Gasteiger partial charge is 0.505 e. The van der Waals surface area contributed by atoms with E-state index in [0.717, 1.165) is 0 Å². The van der Waals surface area contributed by atoms with Crippen molar-refractivity contribution in [3.63, 3.8) is 0 Å². The van der Waals surface area contributed by atoms with Gasteiger partial charge in [-0.1, -0.05) is 30.1 Å². The number of aromatic hydroxyl groups is 1. The summed E-state index contributed by atoms with van der Waals surface area (Å²) < 4.78 is 13.2. The summed E-state index contributed by atoms with van der Waals surface area (Å²) in [5.41, 5.74) is 0.538. The molecule has 0 saturated carbocycles. The predicted octanol–water partition coefficient (Wildman–Crippen LogP) is 3.71. The number of halogens is 3. The van der Waals surface area contributed by atoms with Crippen LogP contribution >= 0.6 is 23.2 Å². The number of hydrogen-bond acceptors (Lipinski definition) is 1. The normalized spacial score (nSPS) is 10.5. The summed E-state index contributed by atoms with van der Waals surface area (Å²) in [7, 11) is 0. The molecule has 0 atom stereocenters. The summed E-state index contributed by atoms with van der Waals surface area (Å²) in [5, 5.41) is 9.78. The van der Waals surface area contributed by atoms with Crippen LogP contribution in [0, 0.1) is 12.7 Å². The van der Waals surface area contributed by atoms with Gasteiger partial charge in [0.1, 0.15) is 0 Å². The number of rotatable bonds is 1. The first-order chi connectivity index (χ1) is 6.00. The fourth-order valence-electron chi connectivity index (χ4n) is 1.13. The van der Waals surface area contributed by atoms with Gasteiger partial charge in [0.25, 0.3) is 0 Å². The molecule has 1 N–H and O–H groups in total. The molecular formula is C9H9Cl2FO. The van der Waals surface area contributed by atoms with Crippen LogP contribution in [0.3, 0.4) is 0 Å². The topological polar surface area (TPSA) is 20.2 Å². The molecule has 0 radical (unpaired) electrons. The van der Waals surface area contributed by atoms with Crippen molar-refractivity contribution in [2.45, 2.75) is 20.3 Å². The maximum atomic E-state index is 13.2. The number of benzene rings is 1. The molecule has 0 spiro atoms. The van der Waals surface area contributed by atoms with Gasteiger partial charge < -0.3 is 5.11 Å². The van der Waals surface area contributed by atoms with Gasteiger partial charge in [-0.25, -0.2) is 4.39 Å². The lowest BCUT2D eigenvalue weighted by Gasteiger charge is -2.10. The summed E-state index contributed by atoms with van der Waals surface area (Å²) in [6.07, 6.45) is 0.446. The number of phenols is 1. The maximum Gasteiger partial charge on any atom is 0.169 e. The molecule has 0 fully saturated rings. The lowest BCUT2D eigenvalue weighted by molar-refractivity contribution is 0.424. The molecule has 0 saturated heterocycles. The van der Waals surface area contributed by atoms with Crippen LogP contribution in [0.5, 0.6) is 5.75 Å². The van der Waals surface area contributed by atoms with Crippen LogP contribution in [0.25, 0.3) is 0 Å². The van der Waals surface area contributed by atoms with E-state index in [1.807, 2.05) is 0 Å². The average Bonchev–Trinajstić information content (AvgIpc) is 2.13. The van der Waals surface area contributed by atoms with E-state index in [1.54, 1.807) is 6.92 Å². The van der Waals surface area contributed by atoms with Gasteiger partial charge in [0.05, 0.1) is 10.0 Å². The summed E-state index contributed by atoms with van der Waals surface area (Å²) in [6.45, 7) is 3.24. The second kappa shape index (κ2) is 3.72. The maximum absolute atomic E-state index is 13.2. The Morgan fingerprint density at radius 3 is 2.31 bits per heavy atom. The number of phenolic OH excluding ortho intramolecular Hbond substituents is 1. The molecule has 13 heavy (non-hydrogen) atoms. The predicted molar refractivity (Wildman–Crippen MR) is 52.2 cm³/mol. The highest BCUT2D eigenvalue weighted by Gasteiger charge is 2.17. The van der Waals surface area contributed by atoms with Crippen molar-refractivity contribution < 1.29 is 9.50 Å². The van der Waals surface area contributed by atoms with Crippen LogP contribution in [-0.4, -0.2) is 5.11 Å². The zero-order valence-corrected chi connectivity index (χ0v) is 8.80. The Morgan fingerprint density at radius 2 is 1.85 bits per heavy atom. The third-order valence-electron chi connectivity index (χ3n) is 1.96. The fraction of sp³-hybridized carbons (Fsp3) is 0.333. The molecule has 72 valence electrons. The van der Waals surface area contributed by atoms with E-state index < -0.39 is 11.6 Å². The van der Waals surface area contributed by atoms with Crippen LogP contribution in [0.4, 0.5) is 4.39 Å². The van der Waals surface area contributed by atoms with Gasteiger partial charge in [0.2, 0.25) is 0 Å². The molecule has 0 amide bonds. The summed E-state index contributed by atoms with van der Waals surface area (Å²) in [4.78, 5) is 0. The van der Waals surface area contributed by atoms with Crippen LogP contribution in [0.15, 0.2) is 0 Å². The highest BCUT2D eigenvalue weighted by molar-refractivity contribution is 6.43. The molecule has 0 aliphatic rings. The van der Waals surface area contributed by atoms with E-state index in [2.05, 4.69) is 0 Å². The van der Waals surface area contributed by atoms with Crippen molar-refractivity contribution in [2.24, 2.45) is 0 Å². The van der Waals surface area contributed by atoms with E-state index in [9.17, 15) is 9.50 Å². The molecule has 1 aromatic rings. The minimum atomic E-state index is -0.689. The van der Waals surface area contributed by atoms with Gasteiger partial charge in [-0.2, -0.15) is 0 Å². The molecule has 0 unspecified atom stereocenters. The van der Waals surface area contributed by atoms with Gasteiger partial charge in [-0.3, -0.25) is 0 Å². The molecule has 0 bridgehead atoms. The summed E-state index contributed by atoms with van der Waals surface area (Å²) in [5.74, 6) is -1.08. The quantitative estimate of drug-likeness (QED) is 0.719. The van der Waals surface area contributed by atoms with Crippen LogP contribution in [0.2, 0.25) is 10.0 Å². The van der Waals surface area contributed by atoms with Crippen molar-refractivity contribution in [3.05, 3.63) is 27.0 Å². The summed E-state index contributed by atoms with van der Waals surface area (Å²) >= 11 is 11.6. The molecule has 1 rings (SSSR count). The van der Waals surface area contributed by atoms with Crippen molar-refractivity contribution in [2.75, 3.05) is 0 Å². The Balaban J connectivity index is 3.56. The second-order valence-corrected chi connectivity index (χ2v) is 3.50.